The average molecular weight is 214 g/mol. The topological polar surface area (TPSA) is 6.48 Å². The Morgan fingerprint density at radius 2 is 0.933 bits per heavy atom. The zero-order valence-corrected chi connectivity index (χ0v) is 11.3. The third-order valence-corrected chi connectivity index (χ3v) is 2.87. The van der Waals surface area contributed by atoms with Crippen molar-refractivity contribution in [3.8, 4) is 0 Å². The Balaban J connectivity index is 3.27. The zero-order valence-electron chi connectivity index (χ0n) is 11.3. The molecule has 0 heterocycles. The summed E-state index contributed by atoms with van der Waals surface area (Å²) in [5.74, 6) is 0. The SMILES string of the molecule is CCCCN(C)CCCN(C)CCCC. The van der Waals surface area contributed by atoms with Gasteiger partial charge in [-0.1, -0.05) is 26.7 Å². The maximum Gasteiger partial charge on any atom is -0.000960 e. The van der Waals surface area contributed by atoms with E-state index < -0.39 is 0 Å². The molecule has 0 bridgehead atoms. The van der Waals surface area contributed by atoms with Crippen molar-refractivity contribution in [3.05, 3.63) is 0 Å². The summed E-state index contributed by atoms with van der Waals surface area (Å²) >= 11 is 0. The molecule has 0 N–H and O–H groups in total. The van der Waals surface area contributed by atoms with Crippen LogP contribution in [0.2, 0.25) is 0 Å². The predicted molar refractivity (Wildman–Crippen MR) is 69.4 cm³/mol. The standard InChI is InChI=1S/C13H30N2/c1-5-7-10-14(3)12-9-13-15(4)11-8-6-2/h5-13H2,1-4H3. The van der Waals surface area contributed by atoms with Crippen LogP contribution < -0.4 is 0 Å². The second kappa shape index (κ2) is 10.4. The van der Waals surface area contributed by atoms with Gasteiger partial charge < -0.3 is 9.80 Å². The normalized spacial score (nSPS) is 11.6. The Morgan fingerprint density at radius 3 is 1.27 bits per heavy atom. The first kappa shape index (κ1) is 14.9. The van der Waals surface area contributed by atoms with E-state index in [-0.39, 0.29) is 0 Å². The summed E-state index contributed by atoms with van der Waals surface area (Å²) in [5.41, 5.74) is 0. The van der Waals surface area contributed by atoms with Crippen molar-refractivity contribution in [2.24, 2.45) is 0 Å². The molecule has 0 unspecified atom stereocenters. The molecule has 0 aromatic carbocycles. The van der Waals surface area contributed by atoms with E-state index in [1.807, 2.05) is 0 Å². The van der Waals surface area contributed by atoms with Gasteiger partial charge in [-0.2, -0.15) is 0 Å². The monoisotopic (exact) mass is 214 g/mol. The maximum absolute atomic E-state index is 2.46. The summed E-state index contributed by atoms with van der Waals surface area (Å²) in [4.78, 5) is 4.91. The number of rotatable bonds is 10. The summed E-state index contributed by atoms with van der Waals surface area (Å²) in [5, 5.41) is 0. The van der Waals surface area contributed by atoms with Crippen LogP contribution in [0.3, 0.4) is 0 Å². The third-order valence-electron chi connectivity index (χ3n) is 2.87. The van der Waals surface area contributed by atoms with Gasteiger partial charge in [0.05, 0.1) is 0 Å². The maximum atomic E-state index is 2.46. The Bertz CT molecular complexity index is 112. The van der Waals surface area contributed by atoms with Crippen molar-refractivity contribution in [2.75, 3.05) is 40.3 Å². The van der Waals surface area contributed by atoms with Gasteiger partial charge in [0, 0.05) is 0 Å². The highest BCUT2D eigenvalue weighted by molar-refractivity contribution is 4.56. The van der Waals surface area contributed by atoms with E-state index in [0.29, 0.717) is 0 Å². The van der Waals surface area contributed by atoms with E-state index in [1.54, 1.807) is 0 Å². The molecule has 0 saturated heterocycles. The van der Waals surface area contributed by atoms with E-state index in [4.69, 9.17) is 0 Å². The molecule has 0 spiro atoms. The summed E-state index contributed by atoms with van der Waals surface area (Å²) in [6, 6.07) is 0. The van der Waals surface area contributed by atoms with E-state index in [9.17, 15) is 0 Å². The van der Waals surface area contributed by atoms with Gasteiger partial charge in [0.25, 0.3) is 0 Å². The first-order valence-corrected chi connectivity index (χ1v) is 6.57. The molecule has 15 heavy (non-hydrogen) atoms. The van der Waals surface area contributed by atoms with Gasteiger partial charge in [-0.05, 0) is 59.5 Å². The van der Waals surface area contributed by atoms with Crippen LogP contribution in [-0.2, 0) is 0 Å². The third kappa shape index (κ3) is 10.2. The first-order chi connectivity index (χ1) is 7.20. The van der Waals surface area contributed by atoms with Gasteiger partial charge in [0.2, 0.25) is 0 Å². The van der Waals surface area contributed by atoms with E-state index in [1.165, 1.54) is 58.3 Å². The van der Waals surface area contributed by atoms with E-state index in [2.05, 4.69) is 37.7 Å². The second-order valence-corrected chi connectivity index (χ2v) is 4.67. The van der Waals surface area contributed by atoms with Crippen molar-refractivity contribution in [1.82, 2.24) is 9.80 Å². The van der Waals surface area contributed by atoms with Gasteiger partial charge in [0.1, 0.15) is 0 Å². The van der Waals surface area contributed by atoms with Crippen molar-refractivity contribution < 1.29 is 0 Å². The fourth-order valence-corrected chi connectivity index (χ4v) is 1.69. The molecule has 0 aliphatic rings. The highest BCUT2D eigenvalue weighted by atomic mass is 15.1. The number of hydrogen-bond donors (Lipinski definition) is 0. The summed E-state index contributed by atoms with van der Waals surface area (Å²) in [6.07, 6.45) is 6.59. The summed E-state index contributed by atoms with van der Waals surface area (Å²) in [6.45, 7) is 9.52. The van der Waals surface area contributed by atoms with Gasteiger partial charge in [-0.15, -0.1) is 0 Å². The van der Waals surface area contributed by atoms with Crippen LogP contribution >= 0.6 is 0 Å². The van der Waals surface area contributed by atoms with Crippen LogP contribution in [-0.4, -0.2) is 50.1 Å². The quantitative estimate of drug-likeness (QED) is 0.552. The molecule has 0 saturated carbocycles. The minimum atomic E-state index is 1.25. The van der Waals surface area contributed by atoms with E-state index >= 15 is 0 Å². The lowest BCUT2D eigenvalue weighted by Crippen LogP contribution is -2.26. The molecule has 0 aromatic heterocycles. The van der Waals surface area contributed by atoms with Crippen LogP contribution in [0.1, 0.15) is 46.0 Å². The predicted octanol–water partition coefficient (Wildman–Crippen LogP) is 2.84. The highest BCUT2D eigenvalue weighted by Gasteiger charge is 2.00. The lowest BCUT2D eigenvalue weighted by Gasteiger charge is -2.19. The van der Waals surface area contributed by atoms with Crippen LogP contribution in [0.25, 0.3) is 0 Å². The largest absolute Gasteiger partial charge is 0.306 e. The van der Waals surface area contributed by atoms with Crippen molar-refractivity contribution in [2.45, 2.75) is 46.0 Å². The Kier molecular flexibility index (Phi) is 10.4. The number of nitrogens with zero attached hydrogens (tertiary/aromatic N) is 2. The molecule has 0 amide bonds. The molecule has 2 heteroatoms. The van der Waals surface area contributed by atoms with Crippen LogP contribution in [0.5, 0.6) is 0 Å². The Morgan fingerprint density at radius 1 is 0.600 bits per heavy atom. The highest BCUT2D eigenvalue weighted by Crippen LogP contribution is 1.96. The van der Waals surface area contributed by atoms with Crippen LogP contribution in [0.4, 0.5) is 0 Å². The van der Waals surface area contributed by atoms with Crippen molar-refractivity contribution in [3.63, 3.8) is 0 Å². The molecule has 0 aromatic rings. The fraction of sp³-hybridized carbons (Fsp3) is 1.00. The van der Waals surface area contributed by atoms with Crippen molar-refractivity contribution >= 4 is 0 Å². The summed E-state index contributed by atoms with van der Waals surface area (Å²) < 4.78 is 0. The zero-order chi connectivity index (χ0) is 11.5. The van der Waals surface area contributed by atoms with Crippen LogP contribution in [0.15, 0.2) is 0 Å². The van der Waals surface area contributed by atoms with Crippen molar-refractivity contribution in [1.29, 1.82) is 0 Å². The Hall–Kier alpha value is -0.0800. The molecule has 0 atom stereocenters. The molecule has 92 valence electrons. The molecule has 2 nitrogen and oxygen atoms in total. The molecular weight excluding hydrogens is 184 g/mol. The number of hydrogen-bond acceptors (Lipinski definition) is 2. The molecule has 0 rings (SSSR count). The lowest BCUT2D eigenvalue weighted by molar-refractivity contribution is 0.274. The minimum Gasteiger partial charge on any atom is -0.306 e. The van der Waals surface area contributed by atoms with Gasteiger partial charge in [-0.25, -0.2) is 0 Å². The van der Waals surface area contributed by atoms with Gasteiger partial charge in [0.15, 0.2) is 0 Å². The first-order valence-electron chi connectivity index (χ1n) is 6.57. The second-order valence-electron chi connectivity index (χ2n) is 4.67. The smallest absolute Gasteiger partial charge is 0.000960 e. The molecule has 0 aliphatic heterocycles. The van der Waals surface area contributed by atoms with Gasteiger partial charge in [-0.3, -0.25) is 0 Å². The molecule has 0 aliphatic carbocycles. The molecule has 0 radical (unpaired) electrons. The molecular formula is C13H30N2. The van der Waals surface area contributed by atoms with E-state index in [0.717, 1.165) is 0 Å². The fourth-order valence-electron chi connectivity index (χ4n) is 1.69. The lowest BCUT2D eigenvalue weighted by atomic mass is 10.3. The molecule has 0 fully saturated rings. The number of unbranched alkanes of at least 4 members (excludes halogenated alkanes) is 2. The Labute approximate surface area is 96.6 Å². The summed E-state index contributed by atoms with van der Waals surface area (Å²) in [7, 11) is 4.48. The minimum absolute atomic E-state index is 1.25. The average Bonchev–Trinajstić information content (AvgIpc) is 2.23. The van der Waals surface area contributed by atoms with Gasteiger partial charge >= 0.3 is 0 Å². The van der Waals surface area contributed by atoms with Crippen LogP contribution in [0, 0.1) is 0 Å².